The molecule has 6 heteroatoms. The summed E-state index contributed by atoms with van der Waals surface area (Å²) in [6.07, 6.45) is -3.36. The molecule has 1 unspecified atom stereocenters. The van der Waals surface area contributed by atoms with Crippen LogP contribution in [0.5, 0.6) is 0 Å². The van der Waals surface area contributed by atoms with Crippen molar-refractivity contribution in [2.75, 3.05) is 46.3 Å². The average Bonchev–Trinajstić information content (AvgIpc) is 2.69. The molecule has 1 aliphatic heterocycles. The van der Waals surface area contributed by atoms with Gasteiger partial charge in [-0.25, -0.2) is 0 Å². The summed E-state index contributed by atoms with van der Waals surface area (Å²) in [5.74, 6) is 0. The monoisotopic (exact) mass is 391 g/mol. The first kappa shape index (κ1) is 20.8. The van der Waals surface area contributed by atoms with Crippen LogP contribution < -0.4 is 5.32 Å². The summed E-state index contributed by atoms with van der Waals surface area (Å²) in [5.41, 5.74) is 1.62. The Balaban J connectivity index is 1.64. The highest BCUT2D eigenvalue weighted by molar-refractivity contribution is 5.27. The molecule has 3 nitrogen and oxygen atoms in total. The minimum Gasteiger partial charge on any atom is -0.314 e. The molecule has 3 rings (SSSR count). The number of nitrogens with zero attached hydrogens (tertiary/aromatic N) is 2. The molecule has 2 aromatic carbocycles. The quantitative estimate of drug-likeness (QED) is 0.724. The highest BCUT2D eigenvalue weighted by Crippen LogP contribution is 2.31. The number of hydrogen-bond acceptors (Lipinski definition) is 3. The fourth-order valence-corrected chi connectivity index (χ4v) is 3.60. The third-order valence-electron chi connectivity index (χ3n) is 5.37. The van der Waals surface area contributed by atoms with Crippen LogP contribution in [0.2, 0.25) is 0 Å². The molecule has 1 heterocycles. The highest BCUT2D eigenvalue weighted by Gasteiger charge is 2.31. The molecule has 0 aliphatic carbocycles. The Hall–Kier alpha value is -1.89. The molecule has 0 radical (unpaired) electrons. The summed E-state index contributed by atoms with van der Waals surface area (Å²) in [4.78, 5) is 4.65. The molecular weight excluding hydrogens is 363 g/mol. The normalized spacial score (nSPS) is 17.6. The van der Waals surface area contributed by atoms with Gasteiger partial charge in [0.1, 0.15) is 0 Å². The first-order valence-electron chi connectivity index (χ1n) is 9.78. The molecule has 1 saturated heterocycles. The Morgan fingerprint density at radius 2 is 1.57 bits per heavy atom. The number of rotatable bonds is 7. The van der Waals surface area contributed by atoms with Gasteiger partial charge in [-0.05, 0) is 43.3 Å². The van der Waals surface area contributed by atoms with Crippen LogP contribution in [0, 0.1) is 0 Å². The number of piperazine rings is 1. The Kier molecular flexibility index (Phi) is 7.10. The maximum atomic E-state index is 12.9. The van der Waals surface area contributed by atoms with E-state index in [0.29, 0.717) is 0 Å². The Labute approximate surface area is 165 Å². The van der Waals surface area contributed by atoms with Crippen molar-refractivity contribution in [3.8, 4) is 0 Å². The first-order chi connectivity index (χ1) is 13.4. The van der Waals surface area contributed by atoms with Crippen LogP contribution in [0.3, 0.4) is 0 Å². The molecular formula is C22H28F3N3. The molecule has 1 atom stereocenters. The van der Waals surface area contributed by atoms with Gasteiger partial charge in [0.05, 0.1) is 5.56 Å². The summed E-state index contributed by atoms with van der Waals surface area (Å²) in [6, 6.07) is 16.0. The lowest BCUT2D eigenvalue weighted by molar-refractivity contribution is -0.137. The number of nitrogens with one attached hydrogen (secondary N) is 1. The van der Waals surface area contributed by atoms with Crippen molar-refractivity contribution < 1.29 is 13.2 Å². The SMILES string of the molecule is CN1CCN(C(CNCCc2ccccc2)c2ccc(C(F)(F)F)cc2)CC1. The summed E-state index contributed by atoms with van der Waals surface area (Å²) in [7, 11) is 2.10. The molecule has 28 heavy (non-hydrogen) atoms. The topological polar surface area (TPSA) is 18.5 Å². The Morgan fingerprint density at radius 1 is 0.929 bits per heavy atom. The van der Waals surface area contributed by atoms with Crippen LogP contribution >= 0.6 is 0 Å². The van der Waals surface area contributed by atoms with E-state index in [-0.39, 0.29) is 6.04 Å². The fraction of sp³-hybridized carbons (Fsp3) is 0.455. The zero-order valence-corrected chi connectivity index (χ0v) is 16.3. The van der Waals surface area contributed by atoms with Gasteiger partial charge in [-0.1, -0.05) is 42.5 Å². The second-order valence-corrected chi connectivity index (χ2v) is 7.41. The van der Waals surface area contributed by atoms with E-state index in [1.807, 2.05) is 18.2 Å². The molecule has 0 bridgehead atoms. The van der Waals surface area contributed by atoms with Crippen LogP contribution in [0.4, 0.5) is 13.2 Å². The van der Waals surface area contributed by atoms with Crippen LogP contribution in [0.25, 0.3) is 0 Å². The molecule has 2 aromatic rings. The molecule has 1 fully saturated rings. The van der Waals surface area contributed by atoms with Gasteiger partial charge in [-0.3, -0.25) is 4.90 Å². The van der Waals surface area contributed by atoms with Gasteiger partial charge >= 0.3 is 6.18 Å². The molecule has 1 aliphatic rings. The third kappa shape index (κ3) is 5.80. The van der Waals surface area contributed by atoms with E-state index in [0.717, 1.165) is 51.3 Å². The predicted octanol–water partition coefficient (Wildman–Crippen LogP) is 3.83. The number of alkyl halides is 3. The van der Waals surface area contributed by atoms with Gasteiger partial charge < -0.3 is 10.2 Å². The molecule has 0 amide bonds. The summed E-state index contributed by atoms with van der Waals surface area (Å²) < 4.78 is 38.7. The van der Waals surface area contributed by atoms with E-state index in [1.165, 1.54) is 17.7 Å². The zero-order chi connectivity index (χ0) is 20.0. The average molecular weight is 391 g/mol. The molecule has 0 aromatic heterocycles. The fourth-order valence-electron chi connectivity index (χ4n) is 3.60. The van der Waals surface area contributed by atoms with Gasteiger partial charge in [0, 0.05) is 38.8 Å². The summed E-state index contributed by atoms with van der Waals surface area (Å²) in [6.45, 7) is 5.35. The van der Waals surface area contributed by atoms with E-state index in [2.05, 4.69) is 34.3 Å². The van der Waals surface area contributed by atoms with Crippen molar-refractivity contribution >= 4 is 0 Å². The summed E-state index contributed by atoms with van der Waals surface area (Å²) in [5, 5.41) is 3.51. The lowest BCUT2D eigenvalue weighted by Gasteiger charge is -2.38. The van der Waals surface area contributed by atoms with Crippen LogP contribution in [0.15, 0.2) is 54.6 Å². The van der Waals surface area contributed by atoms with Gasteiger partial charge in [0.2, 0.25) is 0 Å². The Bertz CT molecular complexity index is 708. The second-order valence-electron chi connectivity index (χ2n) is 7.41. The number of hydrogen-bond donors (Lipinski definition) is 1. The third-order valence-corrected chi connectivity index (χ3v) is 5.37. The number of halogens is 3. The van der Waals surface area contributed by atoms with Crippen molar-refractivity contribution in [3.63, 3.8) is 0 Å². The van der Waals surface area contributed by atoms with Crippen LogP contribution in [-0.4, -0.2) is 56.1 Å². The second kappa shape index (κ2) is 9.54. The van der Waals surface area contributed by atoms with Crippen molar-refractivity contribution in [1.82, 2.24) is 15.1 Å². The van der Waals surface area contributed by atoms with Gasteiger partial charge in [0.15, 0.2) is 0 Å². The van der Waals surface area contributed by atoms with E-state index < -0.39 is 11.7 Å². The van der Waals surface area contributed by atoms with Gasteiger partial charge in [0.25, 0.3) is 0 Å². The van der Waals surface area contributed by atoms with Crippen molar-refractivity contribution in [3.05, 3.63) is 71.3 Å². The maximum absolute atomic E-state index is 12.9. The molecule has 0 spiro atoms. The first-order valence-corrected chi connectivity index (χ1v) is 9.78. The van der Waals surface area contributed by atoms with E-state index >= 15 is 0 Å². The van der Waals surface area contributed by atoms with E-state index in [9.17, 15) is 13.2 Å². The standard InChI is InChI=1S/C22H28F3N3/c1-27-13-15-28(16-14-27)21(17-26-12-11-18-5-3-2-4-6-18)19-7-9-20(10-8-19)22(23,24)25/h2-10,21,26H,11-17H2,1H3. The number of benzene rings is 2. The van der Waals surface area contributed by atoms with Crippen LogP contribution in [0.1, 0.15) is 22.7 Å². The van der Waals surface area contributed by atoms with Gasteiger partial charge in [-0.2, -0.15) is 13.2 Å². The summed E-state index contributed by atoms with van der Waals surface area (Å²) >= 11 is 0. The van der Waals surface area contributed by atoms with Gasteiger partial charge in [-0.15, -0.1) is 0 Å². The zero-order valence-electron chi connectivity index (χ0n) is 16.3. The maximum Gasteiger partial charge on any atom is 0.416 e. The van der Waals surface area contributed by atoms with Crippen LogP contribution in [-0.2, 0) is 12.6 Å². The minimum atomic E-state index is -4.30. The van der Waals surface area contributed by atoms with Crippen molar-refractivity contribution in [1.29, 1.82) is 0 Å². The molecule has 1 N–H and O–H groups in total. The lowest BCUT2D eigenvalue weighted by atomic mass is 10.0. The highest BCUT2D eigenvalue weighted by atomic mass is 19.4. The lowest BCUT2D eigenvalue weighted by Crippen LogP contribution is -2.48. The molecule has 152 valence electrons. The largest absolute Gasteiger partial charge is 0.416 e. The van der Waals surface area contributed by atoms with E-state index in [4.69, 9.17) is 0 Å². The van der Waals surface area contributed by atoms with Crippen molar-refractivity contribution in [2.45, 2.75) is 18.6 Å². The molecule has 0 saturated carbocycles. The smallest absolute Gasteiger partial charge is 0.314 e. The predicted molar refractivity (Wildman–Crippen MR) is 106 cm³/mol. The number of likely N-dealkylation sites (N-methyl/N-ethyl adjacent to an activating group) is 1. The van der Waals surface area contributed by atoms with E-state index in [1.54, 1.807) is 12.1 Å². The van der Waals surface area contributed by atoms with Crippen molar-refractivity contribution in [2.24, 2.45) is 0 Å². The Morgan fingerprint density at radius 3 is 2.18 bits per heavy atom. The minimum absolute atomic E-state index is 0.0757.